The summed E-state index contributed by atoms with van der Waals surface area (Å²) in [4.78, 5) is 13.2. The molecular weight excluding hydrogens is 425 g/mol. The van der Waals surface area contributed by atoms with Crippen molar-refractivity contribution in [2.24, 2.45) is 5.41 Å². The Morgan fingerprint density at radius 2 is 2.00 bits per heavy atom. The van der Waals surface area contributed by atoms with Crippen molar-refractivity contribution < 1.29 is 48.0 Å². The number of ether oxygens (including phenoxy) is 3. The van der Waals surface area contributed by atoms with Crippen LogP contribution in [0.5, 0.6) is 5.75 Å². The minimum atomic E-state index is -1.39. The summed E-state index contributed by atoms with van der Waals surface area (Å²) in [5.41, 5.74) is 3.30. The first-order chi connectivity index (χ1) is 14.6. The summed E-state index contributed by atoms with van der Waals surface area (Å²) in [5, 5.41) is 0.331. The Hall–Kier alpha value is -1.29. The van der Waals surface area contributed by atoms with Crippen molar-refractivity contribution in [2.45, 2.75) is 43.4 Å². The second-order valence-corrected chi connectivity index (χ2v) is 9.43. The molecule has 2 aliphatic rings. The first kappa shape index (κ1) is 22.9. The molecule has 3 aromatic rings. The molecule has 0 bridgehead atoms. The van der Waals surface area contributed by atoms with E-state index in [1.165, 1.54) is 19.3 Å². The van der Waals surface area contributed by atoms with Crippen LogP contribution in [0.15, 0.2) is 41.7 Å². The molecule has 7 nitrogen and oxygen atoms in total. The Balaban J connectivity index is 0.00000231. The Kier molecular flexibility index (Phi) is 7.15. The van der Waals surface area contributed by atoms with Crippen LogP contribution in [0.2, 0.25) is 0 Å². The summed E-state index contributed by atoms with van der Waals surface area (Å²) >= 11 is 0. The molecule has 158 valence electrons. The van der Waals surface area contributed by atoms with Crippen molar-refractivity contribution in [3.05, 3.63) is 47.8 Å². The number of imidazole rings is 1. The standard InChI is InChI=1S/C22H24N3O4S.Na/c1-15-18(12-30(26)21-24-16-5-2-3-6-17(16)25-21)23-10-7-19(15)27-11-20-28-13-22(14-29-20)8-4-9-22;/h2-3,5-7,10,20H,4,8-9,11-14H2,1H3;/q-1;+1. The van der Waals surface area contributed by atoms with E-state index < -0.39 is 10.8 Å². The number of pyridine rings is 1. The minimum Gasteiger partial charge on any atom is -0.488 e. The fourth-order valence-electron chi connectivity index (χ4n) is 3.88. The number of aromatic nitrogens is 3. The van der Waals surface area contributed by atoms with Crippen molar-refractivity contribution in [1.82, 2.24) is 15.0 Å². The topological polar surface area (TPSA) is 84.6 Å². The van der Waals surface area contributed by atoms with Crippen LogP contribution < -0.4 is 39.3 Å². The van der Waals surface area contributed by atoms with E-state index in [1.807, 2.05) is 37.3 Å². The normalized spacial score (nSPS) is 19.0. The molecule has 1 aliphatic heterocycles. The van der Waals surface area contributed by atoms with E-state index >= 15 is 0 Å². The minimum absolute atomic E-state index is 0. The molecule has 2 fully saturated rings. The molecule has 1 unspecified atom stereocenters. The molecule has 1 saturated heterocycles. The van der Waals surface area contributed by atoms with Crippen LogP contribution in [0.1, 0.15) is 30.5 Å². The van der Waals surface area contributed by atoms with Gasteiger partial charge in [-0.05, 0) is 36.9 Å². The third-order valence-electron chi connectivity index (χ3n) is 5.98. The summed E-state index contributed by atoms with van der Waals surface area (Å²) in [5.74, 6) is 0.930. The van der Waals surface area contributed by atoms with E-state index in [-0.39, 0.29) is 47.0 Å². The molecule has 1 aliphatic carbocycles. The van der Waals surface area contributed by atoms with Crippen molar-refractivity contribution in [1.29, 1.82) is 0 Å². The van der Waals surface area contributed by atoms with Gasteiger partial charge in [0.2, 0.25) is 0 Å². The van der Waals surface area contributed by atoms with Crippen LogP contribution in [0.4, 0.5) is 0 Å². The summed E-state index contributed by atoms with van der Waals surface area (Å²) in [7, 11) is -1.39. The zero-order valence-corrected chi connectivity index (χ0v) is 20.7. The third-order valence-corrected chi connectivity index (χ3v) is 7.11. The molecule has 2 aromatic heterocycles. The van der Waals surface area contributed by atoms with Gasteiger partial charge in [-0.25, -0.2) is 0 Å². The zero-order valence-electron chi connectivity index (χ0n) is 17.9. The molecule has 1 saturated carbocycles. The first-order valence-corrected chi connectivity index (χ1v) is 11.5. The van der Waals surface area contributed by atoms with Gasteiger partial charge in [0.1, 0.15) is 12.4 Å². The number of fused-ring (bicyclic) bond motifs is 1. The predicted octanol–water partition coefficient (Wildman–Crippen LogP) is 0.129. The van der Waals surface area contributed by atoms with Crippen molar-refractivity contribution >= 4 is 21.8 Å². The van der Waals surface area contributed by atoms with E-state index in [1.54, 1.807) is 6.20 Å². The molecule has 5 rings (SSSR count). The Morgan fingerprint density at radius 1 is 1.23 bits per heavy atom. The number of hydrogen-bond acceptors (Lipinski definition) is 6. The van der Waals surface area contributed by atoms with Gasteiger partial charge in [-0.2, -0.15) is 0 Å². The van der Waals surface area contributed by atoms with Gasteiger partial charge in [-0.3, -0.25) is 9.19 Å². The molecule has 0 radical (unpaired) electrons. The van der Waals surface area contributed by atoms with Crippen molar-refractivity contribution in [3.63, 3.8) is 0 Å². The number of para-hydroxylation sites is 2. The van der Waals surface area contributed by atoms with Crippen LogP contribution in [0.3, 0.4) is 0 Å². The van der Waals surface area contributed by atoms with Crippen LogP contribution >= 0.6 is 0 Å². The maximum absolute atomic E-state index is 12.8. The van der Waals surface area contributed by atoms with Crippen LogP contribution in [-0.2, 0) is 26.0 Å². The fourth-order valence-corrected chi connectivity index (χ4v) is 4.95. The SMILES string of the molecule is Cc1c(OCC2OCC3(CCC3)CO2)ccnc1CS(=O)c1nc2ccccc2[n-]1.[Na+]. The molecule has 0 N–H and O–H groups in total. The molecule has 0 amide bonds. The van der Waals surface area contributed by atoms with Crippen LogP contribution in [0.25, 0.3) is 11.0 Å². The summed E-state index contributed by atoms with van der Waals surface area (Å²) < 4.78 is 30.5. The van der Waals surface area contributed by atoms with Gasteiger partial charge in [0.25, 0.3) is 0 Å². The van der Waals surface area contributed by atoms with Gasteiger partial charge in [-0.1, -0.05) is 30.7 Å². The number of hydrogen-bond donors (Lipinski definition) is 0. The van der Waals surface area contributed by atoms with Crippen molar-refractivity contribution in [2.75, 3.05) is 19.8 Å². The Labute approximate surface area is 206 Å². The smallest absolute Gasteiger partial charge is 0.488 e. The predicted molar refractivity (Wildman–Crippen MR) is 112 cm³/mol. The van der Waals surface area contributed by atoms with Gasteiger partial charge in [0.15, 0.2) is 6.29 Å². The van der Waals surface area contributed by atoms with Gasteiger partial charge < -0.3 is 24.2 Å². The summed E-state index contributed by atoms with van der Waals surface area (Å²) in [6.07, 6.45) is 4.95. The van der Waals surface area contributed by atoms with Gasteiger partial charge in [-0.15, -0.1) is 0 Å². The van der Waals surface area contributed by atoms with Gasteiger partial charge >= 0.3 is 29.6 Å². The van der Waals surface area contributed by atoms with Crippen molar-refractivity contribution in [3.8, 4) is 5.75 Å². The molecule has 1 aromatic carbocycles. The monoisotopic (exact) mass is 449 g/mol. The summed E-state index contributed by atoms with van der Waals surface area (Å²) in [6, 6.07) is 9.32. The largest absolute Gasteiger partial charge is 1.00 e. The third kappa shape index (κ3) is 4.89. The number of nitrogens with zero attached hydrogens (tertiary/aromatic N) is 3. The zero-order chi connectivity index (χ0) is 20.6. The van der Waals surface area contributed by atoms with Gasteiger partial charge in [0.05, 0.1) is 35.5 Å². The second-order valence-electron chi connectivity index (χ2n) is 8.08. The van der Waals surface area contributed by atoms with Gasteiger partial charge in [0, 0.05) is 22.3 Å². The Morgan fingerprint density at radius 3 is 2.71 bits per heavy atom. The maximum Gasteiger partial charge on any atom is 1.00 e. The van der Waals surface area contributed by atoms with E-state index in [9.17, 15) is 4.21 Å². The molecule has 31 heavy (non-hydrogen) atoms. The molecule has 3 heterocycles. The van der Waals surface area contributed by atoms with E-state index in [4.69, 9.17) is 14.2 Å². The second kappa shape index (κ2) is 9.68. The quantitative estimate of drug-likeness (QED) is 0.495. The average molecular weight is 450 g/mol. The van der Waals surface area contributed by atoms with Crippen LogP contribution in [0, 0.1) is 12.3 Å². The average Bonchev–Trinajstić information content (AvgIpc) is 3.18. The fraction of sp³-hybridized carbons (Fsp3) is 0.455. The number of benzene rings is 1. The first-order valence-electron chi connectivity index (χ1n) is 10.2. The van der Waals surface area contributed by atoms with Crippen LogP contribution in [-0.4, -0.2) is 40.3 Å². The van der Waals surface area contributed by atoms with E-state index in [0.29, 0.717) is 23.2 Å². The molecular formula is C22H24N3NaO4S. The molecule has 9 heteroatoms. The van der Waals surface area contributed by atoms with E-state index in [0.717, 1.165) is 29.8 Å². The molecule has 1 spiro atoms. The number of rotatable bonds is 6. The Bertz CT molecular complexity index is 1040. The molecule has 1 atom stereocenters. The summed E-state index contributed by atoms with van der Waals surface area (Å²) in [6.45, 7) is 3.73. The van der Waals surface area contributed by atoms with E-state index in [2.05, 4.69) is 15.0 Å². The maximum atomic E-state index is 12.8.